The minimum atomic E-state index is 0.601. The molecule has 12 heavy (non-hydrogen) atoms. The summed E-state index contributed by atoms with van der Waals surface area (Å²) in [5.41, 5.74) is 1.43. The van der Waals surface area contributed by atoms with Gasteiger partial charge in [0.15, 0.2) is 0 Å². The average Bonchev–Trinajstić information content (AvgIpc) is 2.16. The van der Waals surface area contributed by atoms with E-state index in [-0.39, 0.29) is 0 Å². The lowest BCUT2D eigenvalue weighted by Crippen LogP contribution is -2.19. The van der Waals surface area contributed by atoms with Crippen molar-refractivity contribution in [2.75, 3.05) is 19.0 Å². The molecule has 1 heterocycles. The van der Waals surface area contributed by atoms with E-state index in [1.807, 2.05) is 11.8 Å². The third kappa shape index (κ3) is 4.04. The Bertz CT molecular complexity index is 155. The highest BCUT2D eigenvalue weighted by Crippen LogP contribution is 2.23. The Kier molecular flexibility index (Phi) is 5.48. The summed E-state index contributed by atoms with van der Waals surface area (Å²) < 4.78 is 5.33. The van der Waals surface area contributed by atoms with Gasteiger partial charge in [0, 0.05) is 28.2 Å². The quantitative estimate of drug-likeness (QED) is 0.732. The third-order valence-electron chi connectivity index (χ3n) is 1.69. The van der Waals surface area contributed by atoms with Crippen molar-refractivity contribution >= 4 is 35.0 Å². The van der Waals surface area contributed by atoms with Crippen molar-refractivity contribution in [2.45, 2.75) is 18.1 Å². The summed E-state index contributed by atoms with van der Waals surface area (Å²) in [5.74, 6) is 0.805. The van der Waals surface area contributed by atoms with Gasteiger partial charge in [-0.25, -0.2) is 0 Å². The molecule has 0 aromatic heterocycles. The smallest absolute Gasteiger partial charge is 0.0585 e. The minimum Gasteiger partial charge on any atom is -0.380 e. The lowest BCUT2D eigenvalue weighted by atomic mass is 10.2. The Balaban J connectivity index is 2.13. The monoisotopic (exact) mass is 226 g/mol. The third-order valence-corrected chi connectivity index (χ3v) is 3.79. The molecule has 70 valence electrons. The second-order valence-electron chi connectivity index (χ2n) is 2.71. The van der Waals surface area contributed by atoms with Gasteiger partial charge in [0.05, 0.1) is 6.61 Å². The maximum atomic E-state index is 5.75. The molecule has 0 aromatic carbocycles. The van der Waals surface area contributed by atoms with Crippen molar-refractivity contribution in [2.24, 2.45) is 0 Å². The van der Waals surface area contributed by atoms with E-state index >= 15 is 0 Å². The summed E-state index contributed by atoms with van der Waals surface area (Å²) >= 11 is 13.0. The molecule has 0 amide bonds. The molecule has 0 bridgehead atoms. The van der Waals surface area contributed by atoms with Crippen LogP contribution in [0.5, 0.6) is 0 Å². The molecule has 4 heteroatoms. The van der Waals surface area contributed by atoms with Crippen LogP contribution in [0.3, 0.4) is 0 Å². The predicted molar refractivity (Wildman–Crippen MR) is 56.1 cm³/mol. The number of thioether (sulfide) groups is 1. The summed E-state index contributed by atoms with van der Waals surface area (Å²) in [4.78, 5) is 0. The first kappa shape index (κ1) is 10.7. The lowest BCUT2D eigenvalue weighted by Gasteiger charge is -2.21. The Morgan fingerprint density at radius 2 is 2.50 bits per heavy atom. The van der Waals surface area contributed by atoms with Crippen LogP contribution >= 0.6 is 35.0 Å². The average molecular weight is 227 g/mol. The molecular formula is C8H12Cl2OS. The van der Waals surface area contributed by atoms with Crippen LogP contribution in [0.25, 0.3) is 0 Å². The van der Waals surface area contributed by atoms with Gasteiger partial charge in [-0.2, -0.15) is 11.8 Å². The van der Waals surface area contributed by atoms with Crippen molar-refractivity contribution in [3.63, 3.8) is 0 Å². The number of ether oxygens (including phenoxy) is 1. The first-order valence-electron chi connectivity index (χ1n) is 3.97. The van der Waals surface area contributed by atoms with Crippen LogP contribution in [0.1, 0.15) is 12.8 Å². The molecule has 1 aliphatic rings. The Labute approximate surface area is 87.4 Å². The predicted octanol–water partition coefficient (Wildman–Crippen LogP) is 3.22. The molecule has 0 spiro atoms. The Hall–Kier alpha value is 0.630. The molecule has 0 saturated carbocycles. The molecule has 0 N–H and O–H groups in total. The molecule has 0 radical (unpaired) electrons. The Morgan fingerprint density at radius 1 is 1.67 bits per heavy atom. The van der Waals surface area contributed by atoms with Crippen LogP contribution in [-0.2, 0) is 4.74 Å². The highest BCUT2D eigenvalue weighted by molar-refractivity contribution is 8.00. The van der Waals surface area contributed by atoms with E-state index in [1.165, 1.54) is 18.4 Å². The second-order valence-corrected chi connectivity index (χ2v) is 4.70. The van der Waals surface area contributed by atoms with E-state index in [1.54, 1.807) is 0 Å². The van der Waals surface area contributed by atoms with Crippen LogP contribution in [0.15, 0.2) is 10.6 Å². The van der Waals surface area contributed by atoms with Gasteiger partial charge in [0.25, 0.3) is 0 Å². The number of rotatable bonds is 3. The van der Waals surface area contributed by atoms with Gasteiger partial charge in [0.2, 0.25) is 0 Å². The zero-order chi connectivity index (χ0) is 8.81. The number of halogens is 2. The van der Waals surface area contributed by atoms with Crippen molar-refractivity contribution in [1.29, 1.82) is 0 Å². The highest BCUT2D eigenvalue weighted by atomic mass is 35.5. The van der Waals surface area contributed by atoms with Crippen molar-refractivity contribution < 1.29 is 4.74 Å². The molecule has 1 atom stereocenters. The van der Waals surface area contributed by atoms with Gasteiger partial charge in [-0.15, -0.1) is 0 Å². The summed E-state index contributed by atoms with van der Waals surface area (Å²) in [6.07, 6.45) is 2.40. The normalized spacial score (nSPS) is 25.8. The van der Waals surface area contributed by atoms with Crippen molar-refractivity contribution in [1.82, 2.24) is 0 Å². The molecule has 1 aliphatic heterocycles. The summed E-state index contributed by atoms with van der Waals surface area (Å²) in [6.45, 7) is 1.77. The van der Waals surface area contributed by atoms with E-state index in [2.05, 4.69) is 0 Å². The fourth-order valence-corrected chi connectivity index (χ4v) is 2.43. The number of hydrogen-bond donors (Lipinski definition) is 0. The first-order chi connectivity index (χ1) is 5.83. The second kappa shape index (κ2) is 6.14. The number of hydrogen-bond acceptors (Lipinski definition) is 2. The van der Waals surface area contributed by atoms with Crippen molar-refractivity contribution in [3.8, 4) is 0 Å². The van der Waals surface area contributed by atoms with E-state index in [9.17, 15) is 0 Å². The molecule has 1 saturated heterocycles. The van der Waals surface area contributed by atoms with E-state index in [0.29, 0.717) is 10.3 Å². The molecule has 1 fully saturated rings. The van der Waals surface area contributed by atoms with Crippen LogP contribution in [0.2, 0.25) is 0 Å². The molecule has 0 aliphatic carbocycles. The van der Waals surface area contributed by atoms with E-state index < -0.39 is 0 Å². The molecule has 1 rings (SSSR count). The summed E-state index contributed by atoms with van der Waals surface area (Å²) in [7, 11) is 0. The standard InChI is InChI=1S/C8H12Cl2OS/c9-4-7(10)6-12-8-2-1-3-11-5-8/h4,8H,1-3,5-6H2/b7-4+. The van der Waals surface area contributed by atoms with Crippen LogP contribution in [0, 0.1) is 0 Å². The maximum absolute atomic E-state index is 5.75. The highest BCUT2D eigenvalue weighted by Gasteiger charge is 2.13. The largest absolute Gasteiger partial charge is 0.380 e. The molecule has 1 unspecified atom stereocenters. The lowest BCUT2D eigenvalue weighted by molar-refractivity contribution is 0.101. The van der Waals surface area contributed by atoms with Crippen LogP contribution in [0.4, 0.5) is 0 Å². The summed E-state index contributed by atoms with van der Waals surface area (Å²) in [6, 6.07) is 0. The van der Waals surface area contributed by atoms with Gasteiger partial charge in [0.1, 0.15) is 0 Å². The van der Waals surface area contributed by atoms with Gasteiger partial charge in [-0.05, 0) is 12.8 Å². The fraction of sp³-hybridized carbons (Fsp3) is 0.750. The fourth-order valence-electron chi connectivity index (χ4n) is 1.07. The van der Waals surface area contributed by atoms with E-state index in [0.717, 1.165) is 19.0 Å². The van der Waals surface area contributed by atoms with Crippen molar-refractivity contribution in [3.05, 3.63) is 10.6 Å². The summed E-state index contributed by atoms with van der Waals surface area (Å²) in [5, 5.41) is 1.32. The molecule has 0 aromatic rings. The van der Waals surface area contributed by atoms with Gasteiger partial charge in [-0.1, -0.05) is 23.2 Å². The van der Waals surface area contributed by atoms with E-state index in [4.69, 9.17) is 27.9 Å². The molecule has 1 nitrogen and oxygen atoms in total. The first-order valence-corrected chi connectivity index (χ1v) is 5.83. The van der Waals surface area contributed by atoms with Crippen LogP contribution in [-0.4, -0.2) is 24.2 Å². The van der Waals surface area contributed by atoms with Crippen LogP contribution < -0.4 is 0 Å². The zero-order valence-electron chi connectivity index (χ0n) is 6.76. The zero-order valence-corrected chi connectivity index (χ0v) is 9.09. The Morgan fingerprint density at radius 3 is 3.08 bits per heavy atom. The SMILES string of the molecule is Cl/C=C(/Cl)CSC1CCCOC1. The topological polar surface area (TPSA) is 9.23 Å². The maximum Gasteiger partial charge on any atom is 0.0585 e. The molecular weight excluding hydrogens is 215 g/mol. The minimum absolute atomic E-state index is 0.601. The van der Waals surface area contributed by atoms with Gasteiger partial charge in [-0.3, -0.25) is 0 Å². The van der Waals surface area contributed by atoms with Gasteiger partial charge >= 0.3 is 0 Å². The van der Waals surface area contributed by atoms with Gasteiger partial charge < -0.3 is 4.74 Å².